The molecule has 0 saturated heterocycles. The molecule has 3 N–H and O–H groups in total. The van der Waals surface area contributed by atoms with E-state index in [0.29, 0.717) is 16.5 Å². The average molecular weight is 603 g/mol. The van der Waals surface area contributed by atoms with Gasteiger partial charge >= 0.3 is 5.97 Å². The molecule has 41 heavy (non-hydrogen) atoms. The van der Waals surface area contributed by atoms with Crippen molar-refractivity contribution in [3.05, 3.63) is 93.6 Å². The number of ether oxygens (including phenoxy) is 1. The van der Waals surface area contributed by atoms with Gasteiger partial charge in [-0.1, -0.05) is 61.3 Å². The Kier molecular flexibility index (Phi) is 12.6. The normalized spacial score (nSPS) is 13.1. The van der Waals surface area contributed by atoms with Gasteiger partial charge in [0.15, 0.2) is 5.60 Å². The lowest BCUT2D eigenvalue weighted by Gasteiger charge is -2.30. The summed E-state index contributed by atoms with van der Waals surface area (Å²) >= 11 is 12.3. The second-order valence-electron chi connectivity index (χ2n) is 9.79. The number of rotatable bonds is 11. The van der Waals surface area contributed by atoms with Crippen LogP contribution in [0.5, 0.6) is 5.88 Å². The molecule has 2 aromatic carbocycles. The fraction of sp³-hybridized carbons (Fsp3) is 0.355. The van der Waals surface area contributed by atoms with Crippen molar-refractivity contribution in [2.45, 2.75) is 71.6 Å². The highest BCUT2D eigenvalue weighted by Gasteiger charge is 2.33. The molecule has 0 aliphatic carbocycles. The van der Waals surface area contributed by atoms with Gasteiger partial charge in [-0.25, -0.2) is 4.98 Å². The molecule has 3 atom stereocenters. The molecule has 10 heteroatoms. The van der Waals surface area contributed by atoms with Crippen molar-refractivity contribution in [3.8, 4) is 5.88 Å². The van der Waals surface area contributed by atoms with Gasteiger partial charge in [-0.2, -0.15) is 0 Å². The second kappa shape index (κ2) is 15.4. The molecule has 2 amide bonds. The average Bonchev–Trinajstić information content (AvgIpc) is 2.93. The smallest absolute Gasteiger partial charge is 0.325 e. The van der Waals surface area contributed by atoms with Crippen molar-refractivity contribution >= 4 is 41.0 Å². The molecule has 3 rings (SSSR count). The van der Waals surface area contributed by atoms with Crippen LogP contribution in [-0.2, 0) is 16.0 Å². The third-order valence-corrected chi connectivity index (χ3v) is 6.72. The Hall–Kier alpha value is -3.62. The lowest BCUT2D eigenvalue weighted by molar-refractivity contribution is -0.138. The van der Waals surface area contributed by atoms with Gasteiger partial charge in [0, 0.05) is 34.3 Å². The first-order chi connectivity index (χ1) is 19.4. The highest BCUT2D eigenvalue weighted by atomic mass is 35.5. The minimum Gasteiger partial charge on any atom is -0.480 e. The van der Waals surface area contributed by atoms with Crippen LogP contribution in [0.1, 0.15) is 68.9 Å². The molecule has 3 aromatic rings. The third kappa shape index (κ3) is 10.1. The predicted octanol–water partition coefficient (Wildman–Crippen LogP) is 6.31. The molecule has 220 valence electrons. The van der Waals surface area contributed by atoms with E-state index in [0.717, 1.165) is 11.1 Å². The zero-order chi connectivity index (χ0) is 30.7. The summed E-state index contributed by atoms with van der Waals surface area (Å²) in [6, 6.07) is 16.7. The van der Waals surface area contributed by atoms with E-state index in [-0.39, 0.29) is 29.3 Å². The van der Waals surface area contributed by atoms with Crippen LogP contribution in [0.15, 0.2) is 66.9 Å². The van der Waals surface area contributed by atoms with Crippen molar-refractivity contribution in [1.29, 1.82) is 0 Å². The molecule has 0 bridgehead atoms. The van der Waals surface area contributed by atoms with Crippen LogP contribution >= 0.6 is 23.2 Å². The van der Waals surface area contributed by atoms with E-state index in [1.165, 1.54) is 25.3 Å². The van der Waals surface area contributed by atoms with Crippen molar-refractivity contribution in [3.63, 3.8) is 0 Å². The monoisotopic (exact) mass is 601 g/mol. The van der Waals surface area contributed by atoms with E-state index in [4.69, 9.17) is 33.0 Å². The maximum Gasteiger partial charge on any atom is 0.325 e. The molecule has 3 unspecified atom stereocenters. The number of nitrogens with one attached hydrogen (secondary N) is 2. The number of aliphatic carboxylic acids is 1. The first kappa shape index (κ1) is 33.6. The number of pyridine rings is 1. The summed E-state index contributed by atoms with van der Waals surface area (Å²) < 4.78 is 5.87. The first-order valence-corrected chi connectivity index (χ1v) is 14.1. The van der Waals surface area contributed by atoms with Gasteiger partial charge < -0.3 is 20.5 Å². The van der Waals surface area contributed by atoms with Gasteiger partial charge in [0.05, 0.1) is 5.56 Å². The van der Waals surface area contributed by atoms with E-state index < -0.39 is 23.5 Å². The maximum absolute atomic E-state index is 13.3. The van der Waals surface area contributed by atoms with Gasteiger partial charge in [0.2, 0.25) is 5.88 Å². The van der Waals surface area contributed by atoms with Crippen molar-refractivity contribution in [2.24, 2.45) is 0 Å². The molecule has 0 aliphatic rings. The number of carbonyl (C=O) groups is 3. The number of nitrogens with zero attached hydrogens (tertiary/aromatic N) is 1. The summed E-state index contributed by atoms with van der Waals surface area (Å²) in [4.78, 5) is 40.6. The fourth-order valence-electron chi connectivity index (χ4n) is 3.90. The van der Waals surface area contributed by atoms with Crippen molar-refractivity contribution in [1.82, 2.24) is 15.6 Å². The van der Waals surface area contributed by atoms with E-state index >= 15 is 0 Å². The summed E-state index contributed by atoms with van der Waals surface area (Å²) in [6.07, 6.45) is 1.91. The van der Waals surface area contributed by atoms with Gasteiger partial charge in [-0.3, -0.25) is 14.4 Å². The summed E-state index contributed by atoms with van der Waals surface area (Å²) in [5.41, 5.74) is 0.920. The van der Waals surface area contributed by atoms with Crippen LogP contribution < -0.4 is 15.4 Å². The number of carbonyl (C=O) groups excluding carboxylic acids is 2. The molecular weight excluding hydrogens is 565 g/mol. The number of hydrogen-bond acceptors (Lipinski definition) is 5. The van der Waals surface area contributed by atoms with Crippen LogP contribution in [0.2, 0.25) is 10.0 Å². The molecule has 1 aromatic heterocycles. The number of amides is 2. The van der Waals surface area contributed by atoms with Gasteiger partial charge in [-0.15, -0.1) is 0 Å². The zero-order valence-electron chi connectivity index (χ0n) is 24.1. The van der Waals surface area contributed by atoms with Crippen molar-refractivity contribution in [2.75, 3.05) is 0 Å². The molecular formula is C31H37Cl2N3O5. The van der Waals surface area contributed by atoms with Crippen LogP contribution in [0.25, 0.3) is 0 Å². The Bertz CT molecular complexity index is 1310. The number of carboxylic acid groups (broad SMARTS) is 1. The molecule has 8 nitrogen and oxygen atoms in total. The van der Waals surface area contributed by atoms with Crippen LogP contribution in [0, 0.1) is 0 Å². The fourth-order valence-corrected chi connectivity index (χ4v) is 4.23. The summed E-state index contributed by atoms with van der Waals surface area (Å²) in [7, 11) is 0. The lowest BCUT2D eigenvalue weighted by atomic mass is 9.86. The maximum atomic E-state index is 13.3. The number of halogens is 2. The Morgan fingerprint density at radius 3 is 2.17 bits per heavy atom. The SMILES string of the molecule is CC.CC(NC(=O)c1ccc(OC(C)(C)C(=O)NC(C)C(Cc2ccc(Cl)cc2)c2cccc(Cl)c2)nc1)C(=O)O. The Morgan fingerprint density at radius 1 is 0.951 bits per heavy atom. The van der Waals surface area contributed by atoms with Gasteiger partial charge in [0.1, 0.15) is 6.04 Å². The quantitative estimate of drug-likeness (QED) is 0.237. The molecule has 0 saturated carbocycles. The number of hydrogen-bond donors (Lipinski definition) is 3. The molecule has 0 fully saturated rings. The second-order valence-corrected chi connectivity index (χ2v) is 10.7. The predicted molar refractivity (Wildman–Crippen MR) is 162 cm³/mol. The van der Waals surface area contributed by atoms with Crippen LogP contribution in [-0.4, -0.2) is 45.6 Å². The van der Waals surface area contributed by atoms with Crippen LogP contribution in [0.4, 0.5) is 0 Å². The van der Waals surface area contributed by atoms with Gasteiger partial charge in [-0.05, 0) is 75.6 Å². The number of aromatic nitrogens is 1. The lowest BCUT2D eigenvalue weighted by Crippen LogP contribution is -2.51. The largest absolute Gasteiger partial charge is 0.480 e. The van der Waals surface area contributed by atoms with E-state index in [9.17, 15) is 14.4 Å². The Morgan fingerprint density at radius 2 is 1.61 bits per heavy atom. The number of carboxylic acids is 1. The number of benzene rings is 2. The highest BCUT2D eigenvalue weighted by molar-refractivity contribution is 6.30. The van der Waals surface area contributed by atoms with Crippen molar-refractivity contribution < 1.29 is 24.2 Å². The summed E-state index contributed by atoms with van der Waals surface area (Å²) in [6.45, 7) is 10.5. The standard InChI is InChI=1S/C29H31Cl2N3O5.C2H6/c1-17(24(20-6-5-7-23(31)15-20)14-19-8-11-22(30)12-9-19)34-28(38)29(3,4)39-25-13-10-21(16-32-25)26(35)33-18(2)27(36)37;1-2/h5-13,15-18,24H,14H2,1-4H3,(H,33,35)(H,34,38)(H,36,37);1-2H3. The molecule has 1 heterocycles. The van der Waals surface area contributed by atoms with E-state index in [2.05, 4.69) is 15.6 Å². The first-order valence-electron chi connectivity index (χ1n) is 13.4. The molecule has 0 spiro atoms. The third-order valence-electron chi connectivity index (χ3n) is 6.23. The summed E-state index contributed by atoms with van der Waals surface area (Å²) in [5, 5.41) is 15.6. The Labute approximate surface area is 251 Å². The topological polar surface area (TPSA) is 118 Å². The highest BCUT2D eigenvalue weighted by Crippen LogP contribution is 2.28. The van der Waals surface area contributed by atoms with Crippen LogP contribution in [0.3, 0.4) is 0 Å². The minimum atomic E-state index is -1.29. The zero-order valence-corrected chi connectivity index (χ0v) is 25.6. The molecule has 0 radical (unpaired) electrons. The molecule has 0 aliphatic heterocycles. The van der Waals surface area contributed by atoms with E-state index in [1.807, 2.05) is 63.2 Å². The minimum absolute atomic E-state index is 0.0891. The van der Waals surface area contributed by atoms with Gasteiger partial charge in [0.25, 0.3) is 11.8 Å². The summed E-state index contributed by atoms with van der Waals surface area (Å²) in [5.74, 6) is -2.03. The van der Waals surface area contributed by atoms with E-state index in [1.54, 1.807) is 19.9 Å². The Balaban J connectivity index is 0.00000287.